The predicted molar refractivity (Wildman–Crippen MR) is 42.5 cm³/mol. The Morgan fingerprint density at radius 3 is 1.08 bits per heavy atom. The maximum absolute atomic E-state index is 4.58. The minimum absolute atomic E-state index is 1.46. The molecule has 1 aliphatic rings. The molecule has 12 heavy (non-hydrogen) atoms. The third-order valence-corrected chi connectivity index (χ3v) is 0.903. The molecule has 0 atom stereocenters. The maximum Gasteiger partial charge on any atom is 0.125 e. The summed E-state index contributed by atoms with van der Waals surface area (Å²) in [4.78, 5) is 7.44. The standard InChI is InChI=1S/C4H4N2.C4H4O2/c2*1-2-6-4-3-5-1/h2*1-4H. The Morgan fingerprint density at radius 1 is 0.583 bits per heavy atom. The summed E-state index contributed by atoms with van der Waals surface area (Å²) >= 11 is 0. The van der Waals surface area contributed by atoms with Gasteiger partial charge in [0.05, 0.1) is 0 Å². The summed E-state index contributed by atoms with van der Waals surface area (Å²) in [6.07, 6.45) is 12.4. The summed E-state index contributed by atoms with van der Waals surface area (Å²) < 4.78 is 9.17. The lowest BCUT2D eigenvalue weighted by Crippen LogP contribution is -1.74. The number of hydrogen-bond acceptors (Lipinski definition) is 4. The third-order valence-electron chi connectivity index (χ3n) is 0.903. The van der Waals surface area contributed by atoms with Gasteiger partial charge in [0.1, 0.15) is 25.0 Å². The number of hydrogen-bond donors (Lipinski definition) is 0. The third kappa shape index (κ3) is 4.05. The first kappa shape index (κ1) is 8.26. The smallest absolute Gasteiger partial charge is 0.125 e. The number of ether oxygens (including phenoxy) is 2. The monoisotopic (exact) mass is 164 g/mol. The number of rotatable bonds is 0. The van der Waals surface area contributed by atoms with Crippen molar-refractivity contribution in [2.24, 2.45) is 0 Å². The fourth-order valence-electron chi connectivity index (χ4n) is 0.472. The maximum atomic E-state index is 4.58. The van der Waals surface area contributed by atoms with Gasteiger partial charge in [-0.3, -0.25) is 9.97 Å². The van der Waals surface area contributed by atoms with Crippen LogP contribution in [0, 0.1) is 0 Å². The van der Waals surface area contributed by atoms with Gasteiger partial charge in [-0.15, -0.1) is 0 Å². The lowest BCUT2D eigenvalue weighted by Gasteiger charge is -1.94. The minimum atomic E-state index is 1.46. The topological polar surface area (TPSA) is 44.2 Å². The Bertz CT molecular complexity index is 200. The van der Waals surface area contributed by atoms with Gasteiger partial charge in [0.2, 0.25) is 0 Å². The molecule has 1 aliphatic heterocycles. The molecule has 0 unspecified atom stereocenters. The van der Waals surface area contributed by atoms with Gasteiger partial charge < -0.3 is 9.47 Å². The first-order valence-corrected chi connectivity index (χ1v) is 3.31. The molecule has 0 amide bonds. The Morgan fingerprint density at radius 2 is 0.917 bits per heavy atom. The second-order valence-electron chi connectivity index (χ2n) is 1.71. The SMILES string of the molecule is C1=COC=CO1.c1cnccn1. The van der Waals surface area contributed by atoms with Gasteiger partial charge in [-0.25, -0.2) is 0 Å². The van der Waals surface area contributed by atoms with Crippen molar-refractivity contribution in [2.75, 3.05) is 0 Å². The zero-order chi connectivity index (χ0) is 8.49. The first-order valence-electron chi connectivity index (χ1n) is 3.31. The number of aromatic nitrogens is 2. The average molecular weight is 164 g/mol. The molecule has 0 spiro atoms. The van der Waals surface area contributed by atoms with Crippen LogP contribution in [0.2, 0.25) is 0 Å². The summed E-state index contributed by atoms with van der Waals surface area (Å²) in [5, 5.41) is 0. The van der Waals surface area contributed by atoms with Crippen molar-refractivity contribution in [3.8, 4) is 0 Å². The van der Waals surface area contributed by atoms with Gasteiger partial charge in [-0.2, -0.15) is 0 Å². The summed E-state index contributed by atoms with van der Waals surface area (Å²) in [5.41, 5.74) is 0. The minimum Gasteiger partial charge on any atom is -0.466 e. The molecule has 0 bridgehead atoms. The molecule has 0 aliphatic carbocycles. The van der Waals surface area contributed by atoms with Crippen molar-refractivity contribution in [1.29, 1.82) is 0 Å². The number of nitrogens with zero attached hydrogens (tertiary/aromatic N) is 2. The highest BCUT2D eigenvalue weighted by molar-refractivity contribution is 4.77. The van der Waals surface area contributed by atoms with E-state index in [1.807, 2.05) is 0 Å². The van der Waals surface area contributed by atoms with Crippen LogP contribution in [0.15, 0.2) is 49.8 Å². The molecule has 1 aromatic rings. The van der Waals surface area contributed by atoms with Crippen LogP contribution in [-0.4, -0.2) is 9.97 Å². The van der Waals surface area contributed by atoms with Gasteiger partial charge in [-0.05, 0) is 0 Å². The summed E-state index contributed by atoms with van der Waals surface area (Å²) in [7, 11) is 0. The van der Waals surface area contributed by atoms with E-state index in [1.165, 1.54) is 25.0 Å². The summed E-state index contributed by atoms with van der Waals surface area (Å²) in [6, 6.07) is 0. The molecule has 62 valence electrons. The highest BCUT2D eigenvalue weighted by Crippen LogP contribution is 1.89. The highest BCUT2D eigenvalue weighted by Gasteiger charge is 1.74. The van der Waals surface area contributed by atoms with Gasteiger partial charge in [0, 0.05) is 24.8 Å². The van der Waals surface area contributed by atoms with Crippen molar-refractivity contribution in [2.45, 2.75) is 0 Å². The Kier molecular flexibility index (Phi) is 4.07. The van der Waals surface area contributed by atoms with E-state index < -0.39 is 0 Å². The van der Waals surface area contributed by atoms with Gasteiger partial charge in [0.15, 0.2) is 0 Å². The lowest BCUT2D eigenvalue weighted by atomic mass is 10.8. The molecule has 2 rings (SSSR count). The highest BCUT2D eigenvalue weighted by atomic mass is 16.5. The van der Waals surface area contributed by atoms with E-state index in [9.17, 15) is 0 Å². The molecule has 1 aromatic heterocycles. The second-order valence-corrected chi connectivity index (χ2v) is 1.71. The normalized spacial score (nSPS) is 12.0. The van der Waals surface area contributed by atoms with Gasteiger partial charge in [0.25, 0.3) is 0 Å². The zero-order valence-electron chi connectivity index (χ0n) is 6.33. The molecule has 0 saturated heterocycles. The molecular weight excluding hydrogens is 156 g/mol. The Balaban J connectivity index is 0.000000120. The predicted octanol–water partition coefficient (Wildman–Crippen LogP) is 1.45. The molecule has 0 N–H and O–H groups in total. The van der Waals surface area contributed by atoms with E-state index in [4.69, 9.17) is 0 Å². The van der Waals surface area contributed by atoms with Crippen LogP contribution in [0.25, 0.3) is 0 Å². The van der Waals surface area contributed by atoms with Crippen LogP contribution in [0.5, 0.6) is 0 Å². The summed E-state index contributed by atoms with van der Waals surface area (Å²) in [5.74, 6) is 0. The fourth-order valence-corrected chi connectivity index (χ4v) is 0.472. The van der Waals surface area contributed by atoms with Crippen LogP contribution < -0.4 is 0 Å². The van der Waals surface area contributed by atoms with E-state index in [1.54, 1.807) is 24.8 Å². The van der Waals surface area contributed by atoms with Crippen molar-refractivity contribution in [1.82, 2.24) is 9.97 Å². The van der Waals surface area contributed by atoms with Crippen LogP contribution in [-0.2, 0) is 9.47 Å². The zero-order valence-corrected chi connectivity index (χ0v) is 6.33. The van der Waals surface area contributed by atoms with Crippen molar-refractivity contribution in [3.05, 3.63) is 49.8 Å². The Hall–Kier alpha value is -1.84. The molecule has 4 nitrogen and oxygen atoms in total. The van der Waals surface area contributed by atoms with Gasteiger partial charge >= 0.3 is 0 Å². The fraction of sp³-hybridized carbons (Fsp3) is 0. The first-order chi connectivity index (χ1) is 6.00. The van der Waals surface area contributed by atoms with Gasteiger partial charge in [-0.1, -0.05) is 0 Å². The molecular formula is C8H8N2O2. The van der Waals surface area contributed by atoms with Crippen LogP contribution in [0.4, 0.5) is 0 Å². The molecule has 0 fully saturated rings. The van der Waals surface area contributed by atoms with Crippen molar-refractivity contribution >= 4 is 0 Å². The molecule has 2 heterocycles. The largest absolute Gasteiger partial charge is 0.466 e. The van der Waals surface area contributed by atoms with Crippen LogP contribution in [0.1, 0.15) is 0 Å². The van der Waals surface area contributed by atoms with Crippen LogP contribution in [0.3, 0.4) is 0 Å². The molecule has 0 aromatic carbocycles. The second kappa shape index (κ2) is 5.91. The molecule has 0 radical (unpaired) electrons. The summed E-state index contributed by atoms with van der Waals surface area (Å²) in [6.45, 7) is 0. The lowest BCUT2D eigenvalue weighted by molar-refractivity contribution is 0.290. The molecule has 4 heteroatoms. The average Bonchev–Trinajstić information content (AvgIpc) is 2.24. The quantitative estimate of drug-likeness (QED) is 0.582. The van der Waals surface area contributed by atoms with E-state index in [0.29, 0.717) is 0 Å². The van der Waals surface area contributed by atoms with E-state index in [2.05, 4.69) is 19.4 Å². The van der Waals surface area contributed by atoms with E-state index >= 15 is 0 Å². The Labute approximate surface area is 70.2 Å². The van der Waals surface area contributed by atoms with E-state index in [0.717, 1.165) is 0 Å². The van der Waals surface area contributed by atoms with Crippen molar-refractivity contribution < 1.29 is 9.47 Å². The van der Waals surface area contributed by atoms with Crippen molar-refractivity contribution in [3.63, 3.8) is 0 Å². The van der Waals surface area contributed by atoms with Crippen LogP contribution >= 0.6 is 0 Å². The van der Waals surface area contributed by atoms with E-state index in [-0.39, 0.29) is 0 Å². The molecule has 0 saturated carbocycles.